The van der Waals surface area contributed by atoms with Gasteiger partial charge in [0, 0.05) is 37.1 Å². The maximum absolute atomic E-state index is 12.9. The molecule has 0 spiro atoms. The minimum absolute atomic E-state index is 0.0243. The van der Waals surface area contributed by atoms with Crippen LogP contribution in [0.1, 0.15) is 10.4 Å². The zero-order chi connectivity index (χ0) is 20.3. The van der Waals surface area contributed by atoms with Crippen LogP contribution < -0.4 is 0 Å². The van der Waals surface area contributed by atoms with Gasteiger partial charge in [0.15, 0.2) is 0 Å². The average molecular weight is 422 g/mol. The minimum atomic E-state index is -3.62. The van der Waals surface area contributed by atoms with Crippen molar-refractivity contribution in [2.45, 2.75) is 9.79 Å². The molecule has 1 heterocycles. The van der Waals surface area contributed by atoms with E-state index in [2.05, 4.69) is 0 Å². The van der Waals surface area contributed by atoms with Gasteiger partial charge in [0.05, 0.1) is 9.82 Å². The van der Waals surface area contributed by atoms with E-state index in [4.69, 9.17) is 0 Å². The molecule has 0 radical (unpaired) electrons. The fourth-order valence-electron chi connectivity index (χ4n) is 3.02. The third kappa shape index (κ3) is 4.03. The maximum atomic E-state index is 12.9. The number of hydrogen-bond acceptors (Lipinski definition) is 6. The molecule has 0 N–H and O–H groups in total. The highest BCUT2D eigenvalue weighted by Crippen LogP contribution is 2.27. The third-order valence-electron chi connectivity index (χ3n) is 4.54. The molecule has 1 amide bonds. The van der Waals surface area contributed by atoms with Gasteiger partial charge in [0.25, 0.3) is 11.6 Å². The molecule has 1 fully saturated rings. The average Bonchev–Trinajstić information content (AvgIpc) is 2.73. The van der Waals surface area contributed by atoms with Gasteiger partial charge in [-0.05, 0) is 30.5 Å². The molecule has 0 aromatic heterocycles. The highest BCUT2D eigenvalue weighted by molar-refractivity contribution is 7.98. The molecule has 1 saturated heterocycles. The van der Waals surface area contributed by atoms with Crippen LogP contribution in [0.15, 0.2) is 58.3 Å². The number of thioether (sulfide) groups is 1. The Morgan fingerprint density at radius 2 is 1.71 bits per heavy atom. The van der Waals surface area contributed by atoms with Crippen molar-refractivity contribution in [3.8, 4) is 0 Å². The number of sulfonamides is 1. The summed E-state index contributed by atoms with van der Waals surface area (Å²) in [5.74, 6) is -0.459. The van der Waals surface area contributed by atoms with E-state index in [0.717, 1.165) is 4.90 Å². The van der Waals surface area contributed by atoms with Crippen molar-refractivity contribution < 1.29 is 18.1 Å². The molecule has 1 aliphatic heterocycles. The van der Waals surface area contributed by atoms with Crippen molar-refractivity contribution in [3.05, 3.63) is 64.2 Å². The van der Waals surface area contributed by atoms with Crippen LogP contribution in [0.25, 0.3) is 0 Å². The van der Waals surface area contributed by atoms with E-state index in [1.165, 1.54) is 45.2 Å². The molecule has 0 aliphatic carbocycles. The molecule has 0 unspecified atom stereocenters. The lowest BCUT2D eigenvalue weighted by molar-refractivity contribution is -0.385. The molecule has 2 aromatic rings. The van der Waals surface area contributed by atoms with Crippen LogP contribution in [0.3, 0.4) is 0 Å². The Kier molecular flexibility index (Phi) is 6.01. The topological polar surface area (TPSA) is 101 Å². The monoisotopic (exact) mass is 421 g/mol. The fourth-order valence-corrected chi connectivity index (χ4v) is 4.90. The van der Waals surface area contributed by atoms with Crippen LogP contribution in [0, 0.1) is 10.1 Å². The molecule has 2 aromatic carbocycles. The zero-order valence-electron chi connectivity index (χ0n) is 15.1. The summed E-state index contributed by atoms with van der Waals surface area (Å²) in [4.78, 5) is 26.0. The Balaban J connectivity index is 1.77. The van der Waals surface area contributed by atoms with Gasteiger partial charge in [-0.1, -0.05) is 18.2 Å². The predicted octanol–water partition coefficient (Wildman–Crippen LogP) is 2.46. The Labute approximate surface area is 167 Å². The van der Waals surface area contributed by atoms with Gasteiger partial charge >= 0.3 is 0 Å². The normalized spacial score (nSPS) is 15.4. The molecule has 1 aliphatic rings. The summed E-state index contributed by atoms with van der Waals surface area (Å²) in [7, 11) is -3.62. The summed E-state index contributed by atoms with van der Waals surface area (Å²) < 4.78 is 26.7. The minimum Gasteiger partial charge on any atom is -0.336 e. The van der Waals surface area contributed by atoms with Gasteiger partial charge in [-0.15, -0.1) is 11.8 Å². The van der Waals surface area contributed by atoms with Crippen molar-refractivity contribution in [1.82, 2.24) is 9.21 Å². The van der Waals surface area contributed by atoms with Gasteiger partial charge in [-0.25, -0.2) is 8.42 Å². The fraction of sp³-hybridized carbons (Fsp3) is 0.278. The van der Waals surface area contributed by atoms with E-state index in [0.29, 0.717) is 0 Å². The number of nitro benzene ring substituents is 1. The van der Waals surface area contributed by atoms with Gasteiger partial charge in [0.1, 0.15) is 5.56 Å². The summed E-state index contributed by atoms with van der Waals surface area (Å²) in [6, 6.07) is 12.6. The van der Waals surface area contributed by atoms with Crippen LogP contribution in [-0.4, -0.2) is 60.9 Å². The van der Waals surface area contributed by atoms with Crippen molar-refractivity contribution in [1.29, 1.82) is 0 Å². The smallest absolute Gasteiger partial charge is 0.282 e. The van der Waals surface area contributed by atoms with Crippen LogP contribution in [0.5, 0.6) is 0 Å². The first-order valence-corrected chi connectivity index (χ1v) is 11.2. The summed E-state index contributed by atoms with van der Waals surface area (Å²) in [5, 5.41) is 11.3. The lowest BCUT2D eigenvalue weighted by Crippen LogP contribution is -2.50. The predicted molar refractivity (Wildman–Crippen MR) is 106 cm³/mol. The van der Waals surface area contributed by atoms with E-state index in [1.54, 1.807) is 24.3 Å². The number of carbonyl (C=O) groups is 1. The van der Waals surface area contributed by atoms with Crippen LogP contribution in [0.4, 0.5) is 5.69 Å². The SMILES string of the molecule is CSc1ccc([N+](=O)[O-])c(C(=O)N2CCN(S(=O)(=O)c3ccccc3)CC2)c1. The Morgan fingerprint density at radius 1 is 1.07 bits per heavy atom. The van der Waals surface area contributed by atoms with Gasteiger partial charge in [0.2, 0.25) is 10.0 Å². The van der Waals surface area contributed by atoms with Crippen molar-refractivity contribution in [2.24, 2.45) is 0 Å². The Bertz CT molecular complexity index is 988. The molecule has 0 atom stereocenters. The second-order valence-electron chi connectivity index (χ2n) is 6.15. The summed E-state index contributed by atoms with van der Waals surface area (Å²) in [5.41, 5.74) is -0.224. The molecule has 148 valence electrons. The van der Waals surface area contributed by atoms with Gasteiger partial charge in [-0.3, -0.25) is 14.9 Å². The number of amides is 1. The zero-order valence-corrected chi connectivity index (χ0v) is 16.8. The van der Waals surface area contributed by atoms with E-state index in [1.807, 2.05) is 6.26 Å². The van der Waals surface area contributed by atoms with Crippen LogP contribution in [0.2, 0.25) is 0 Å². The molecular weight excluding hydrogens is 402 g/mol. The van der Waals surface area contributed by atoms with Gasteiger partial charge in [-0.2, -0.15) is 4.31 Å². The number of piperazine rings is 1. The Hall–Kier alpha value is -2.43. The second-order valence-corrected chi connectivity index (χ2v) is 8.97. The number of rotatable bonds is 5. The third-order valence-corrected chi connectivity index (χ3v) is 7.18. The van der Waals surface area contributed by atoms with E-state index in [9.17, 15) is 23.3 Å². The standard InChI is InChI=1S/C18H19N3O5S2/c1-27-14-7-8-17(21(23)24)16(13-14)18(22)19-9-11-20(12-10-19)28(25,26)15-5-3-2-4-6-15/h2-8,13H,9-12H2,1H3. The highest BCUT2D eigenvalue weighted by Gasteiger charge is 2.32. The van der Waals surface area contributed by atoms with E-state index >= 15 is 0 Å². The quantitative estimate of drug-likeness (QED) is 0.418. The van der Waals surface area contributed by atoms with E-state index in [-0.39, 0.29) is 42.3 Å². The summed E-state index contributed by atoms with van der Waals surface area (Å²) >= 11 is 1.39. The molecular formula is C18H19N3O5S2. The summed E-state index contributed by atoms with van der Waals surface area (Å²) in [6.07, 6.45) is 1.82. The number of hydrogen-bond donors (Lipinski definition) is 0. The van der Waals surface area contributed by atoms with Gasteiger partial charge < -0.3 is 4.90 Å². The first-order chi connectivity index (χ1) is 13.3. The number of nitrogens with zero attached hydrogens (tertiary/aromatic N) is 3. The summed E-state index contributed by atoms with van der Waals surface area (Å²) in [6.45, 7) is 0.620. The van der Waals surface area contributed by atoms with Crippen molar-refractivity contribution in [3.63, 3.8) is 0 Å². The molecule has 0 saturated carbocycles. The first kappa shape index (κ1) is 20.3. The molecule has 0 bridgehead atoms. The molecule has 28 heavy (non-hydrogen) atoms. The number of benzene rings is 2. The lowest BCUT2D eigenvalue weighted by Gasteiger charge is -2.34. The Morgan fingerprint density at radius 3 is 2.29 bits per heavy atom. The van der Waals surface area contributed by atoms with E-state index < -0.39 is 20.9 Å². The lowest BCUT2D eigenvalue weighted by atomic mass is 10.1. The van der Waals surface area contributed by atoms with Crippen LogP contribution >= 0.6 is 11.8 Å². The number of nitro groups is 1. The molecule has 8 nitrogen and oxygen atoms in total. The molecule has 3 rings (SSSR count). The highest BCUT2D eigenvalue weighted by atomic mass is 32.2. The largest absolute Gasteiger partial charge is 0.336 e. The first-order valence-electron chi connectivity index (χ1n) is 8.51. The van der Waals surface area contributed by atoms with Crippen LogP contribution in [-0.2, 0) is 10.0 Å². The second kappa shape index (κ2) is 8.29. The van der Waals surface area contributed by atoms with Crippen molar-refractivity contribution >= 4 is 33.4 Å². The van der Waals surface area contributed by atoms with Crippen molar-refractivity contribution in [2.75, 3.05) is 32.4 Å². The molecule has 10 heteroatoms. The number of carbonyl (C=O) groups excluding carboxylic acids is 1. The maximum Gasteiger partial charge on any atom is 0.282 e.